The number of ether oxygens (including phenoxy) is 1. The van der Waals surface area contributed by atoms with Gasteiger partial charge in [0.05, 0.1) is 6.61 Å². The summed E-state index contributed by atoms with van der Waals surface area (Å²) in [5.74, 6) is 0.261. The third-order valence-corrected chi connectivity index (χ3v) is 6.12. The van der Waals surface area contributed by atoms with E-state index in [0.29, 0.717) is 0 Å². The highest BCUT2D eigenvalue weighted by atomic mass is 16.5. The van der Waals surface area contributed by atoms with E-state index in [4.69, 9.17) is 4.74 Å². The van der Waals surface area contributed by atoms with Crippen LogP contribution in [0.1, 0.15) is 38.5 Å². The predicted molar refractivity (Wildman–Crippen MR) is 90.6 cm³/mol. The van der Waals surface area contributed by atoms with Crippen molar-refractivity contribution in [2.75, 3.05) is 39.4 Å². The average Bonchev–Trinajstić information content (AvgIpc) is 3.18. The van der Waals surface area contributed by atoms with E-state index in [9.17, 15) is 4.79 Å². The van der Waals surface area contributed by atoms with Gasteiger partial charge in [-0.15, -0.1) is 0 Å². The first-order chi connectivity index (χ1) is 11.7. The van der Waals surface area contributed by atoms with Crippen molar-refractivity contribution < 1.29 is 9.53 Å². The van der Waals surface area contributed by atoms with Gasteiger partial charge in [-0.1, -0.05) is 0 Å². The lowest BCUT2D eigenvalue weighted by Crippen LogP contribution is -2.59. The van der Waals surface area contributed by atoms with E-state index in [1.807, 2.05) is 16.9 Å². The highest BCUT2D eigenvalue weighted by Gasteiger charge is 2.47. The van der Waals surface area contributed by atoms with Crippen molar-refractivity contribution in [1.29, 1.82) is 0 Å². The number of nitrogens with one attached hydrogen (secondary N) is 1. The lowest BCUT2D eigenvalue weighted by Gasteiger charge is -2.48. The quantitative estimate of drug-likeness (QED) is 0.889. The second-order valence-electron chi connectivity index (χ2n) is 7.72. The molecule has 6 nitrogen and oxygen atoms in total. The van der Waals surface area contributed by atoms with Gasteiger partial charge < -0.3 is 15.0 Å². The summed E-state index contributed by atoms with van der Waals surface area (Å²) in [4.78, 5) is 15.7. The molecular formula is C18H28N4O2. The molecule has 0 bridgehead atoms. The minimum atomic E-state index is -0.511. The molecule has 0 saturated carbocycles. The maximum Gasteiger partial charge on any atom is 0.250 e. The molecule has 1 aromatic rings. The van der Waals surface area contributed by atoms with Crippen LogP contribution in [0.5, 0.6) is 0 Å². The van der Waals surface area contributed by atoms with E-state index >= 15 is 0 Å². The number of likely N-dealkylation sites (tertiary alicyclic amines) is 1. The maximum absolute atomic E-state index is 13.6. The number of aromatic nitrogens is 2. The van der Waals surface area contributed by atoms with Crippen LogP contribution in [0.4, 0.5) is 0 Å². The molecule has 3 saturated heterocycles. The molecule has 1 N–H and O–H groups in total. The standard InChI is InChI=1S/C18H28N4O2/c23-16(18(6-9-19-10-7-18)22-12-3-8-20-22)21-11-1-4-17(14-21)5-2-13-24-15-17/h3,8,12,19H,1-2,4-7,9-11,13-15H2. The molecule has 6 heteroatoms. The Balaban J connectivity index is 1.58. The normalized spacial score (nSPS) is 30.4. The molecule has 4 rings (SSSR count). The smallest absolute Gasteiger partial charge is 0.250 e. The van der Waals surface area contributed by atoms with E-state index in [1.54, 1.807) is 6.20 Å². The largest absolute Gasteiger partial charge is 0.381 e. The van der Waals surface area contributed by atoms with E-state index in [-0.39, 0.29) is 11.3 Å². The maximum atomic E-state index is 13.6. The number of carbonyl (C=O) groups excluding carboxylic acids is 1. The number of rotatable bonds is 2. The van der Waals surface area contributed by atoms with Gasteiger partial charge in [0.1, 0.15) is 5.54 Å². The molecular weight excluding hydrogens is 304 g/mol. The Hall–Kier alpha value is -1.40. The summed E-state index contributed by atoms with van der Waals surface area (Å²) < 4.78 is 7.68. The number of hydrogen-bond donors (Lipinski definition) is 1. The monoisotopic (exact) mass is 332 g/mol. The highest BCUT2D eigenvalue weighted by molar-refractivity contribution is 5.85. The Labute approximate surface area is 143 Å². The van der Waals surface area contributed by atoms with Crippen LogP contribution in [0.3, 0.4) is 0 Å². The predicted octanol–water partition coefficient (Wildman–Crippen LogP) is 1.38. The topological polar surface area (TPSA) is 59.4 Å². The van der Waals surface area contributed by atoms with Crippen molar-refractivity contribution in [1.82, 2.24) is 20.0 Å². The molecule has 3 fully saturated rings. The van der Waals surface area contributed by atoms with Gasteiger partial charge in [0.25, 0.3) is 5.91 Å². The summed E-state index contributed by atoms with van der Waals surface area (Å²) in [7, 11) is 0. The summed E-state index contributed by atoms with van der Waals surface area (Å²) in [6, 6.07) is 1.92. The molecule has 3 aliphatic rings. The van der Waals surface area contributed by atoms with Crippen molar-refractivity contribution in [2.24, 2.45) is 5.41 Å². The third-order valence-electron chi connectivity index (χ3n) is 6.12. The van der Waals surface area contributed by atoms with Gasteiger partial charge in [0, 0.05) is 37.5 Å². The van der Waals surface area contributed by atoms with E-state index < -0.39 is 5.54 Å². The van der Waals surface area contributed by atoms with Gasteiger partial charge in [-0.3, -0.25) is 9.48 Å². The van der Waals surface area contributed by atoms with Crippen LogP contribution in [0.15, 0.2) is 18.5 Å². The molecule has 3 aliphatic heterocycles. The van der Waals surface area contributed by atoms with Gasteiger partial charge >= 0.3 is 0 Å². The minimum Gasteiger partial charge on any atom is -0.381 e. The van der Waals surface area contributed by atoms with Crippen LogP contribution in [0, 0.1) is 5.41 Å². The first kappa shape index (κ1) is 16.1. The summed E-state index contributed by atoms with van der Waals surface area (Å²) in [6.07, 6.45) is 9.94. The van der Waals surface area contributed by atoms with Gasteiger partial charge in [-0.05, 0) is 57.7 Å². The molecule has 1 spiro atoms. The number of carbonyl (C=O) groups is 1. The lowest BCUT2D eigenvalue weighted by atomic mass is 9.75. The van der Waals surface area contributed by atoms with Gasteiger partial charge in [0.2, 0.25) is 0 Å². The molecule has 0 aliphatic carbocycles. The summed E-state index contributed by atoms with van der Waals surface area (Å²) >= 11 is 0. The molecule has 24 heavy (non-hydrogen) atoms. The molecule has 1 amide bonds. The fourth-order valence-corrected chi connectivity index (χ4v) is 4.81. The molecule has 1 aromatic heterocycles. The van der Waals surface area contributed by atoms with Crippen molar-refractivity contribution in [3.05, 3.63) is 18.5 Å². The second kappa shape index (κ2) is 6.48. The second-order valence-corrected chi connectivity index (χ2v) is 7.72. The Bertz CT molecular complexity index is 554. The third kappa shape index (κ3) is 2.75. The van der Waals surface area contributed by atoms with Crippen LogP contribution in [-0.4, -0.2) is 60.0 Å². The van der Waals surface area contributed by atoms with E-state index in [2.05, 4.69) is 15.3 Å². The molecule has 0 radical (unpaired) electrons. The van der Waals surface area contributed by atoms with Crippen molar-refractivity contribution in [2.45, 2.75) is 44.1 Å². The van der Waals surface area contributed by atoms with Crippen LogP contribution in [0.25, 0.3) is 0 Å². The van der Waals surface area contributed by atoms with Crippen molar-refractivity contribution in [3.8, 4) is 0 Å². The van der Waals surface area contributed by atoms with Crippen molar-refractivity contribution in [3.63, 3.8) is 0 Å². The first-order valence-corrected chi connectivity index (χ1v) is 9.32. The minimum absolute atomic E-state index is 0.185. The number of nitrogens with zero attached hydrogens (tertiary/aromatic N) is 3. The zero-order valence-corrected chi connectivity index (χ0v) is 14.4. The number of hydrogen-bond acceptors (Lipinski definition) is 4. The zero-order valence-electron chi connectivity index (χ0n) is 14.4. The summed E-state index contributed by atoms with van der Waals surface area (Å²) in [5, 5.41) is 7.83. The Morgan fingerprint density at radius 2 is 2.00 bits per heavy atom. The number of amides is 1. The van der Waals surface area contributed by atoms with E-state index in [1.165, 1.54) is 12.8 Å². The van der Waals surface area contributed by atoms with Gasteiger partial charge in [-0.25, -0.2) is 0 Å². The molecule has 1 unspecified atom stereocenters. The fourth-order valence-electron chi connectivity index (χ4n) is 4.81. The Morgan fingerprint density at radius 1 is 1.17 bits per heavy atom. The Kier molecular flexibility index (Phi) is 4.35. The highest BCUT2D eigenvalue weighted by Crippen LogP contribution is 2.39. The van der Waals surface area contributed by atoms with E-state index in [0.717, 1.165) is 65.1 Å². The Morgan fingerprint density at radius 3 is 2.71 bits per heavy atom. The van der Waals surface area contributed by atoms with Gasteiger partial charge in [0.15, 0.2) is 0 Å². The summed E-state index contributed by atoms with van der Waals surface area (Å²) in [6.45, 7) is 5.15. The summed E-state index contributed by atoms with van der Waals surface area (Å²) in [5.41, 5.74) is -0.326. The fraction of sp³-hybridized carbons (Fsp3) is 0.778. The molecule has 132 valence electrons. The zero-order chi connectivity index (χ0) is 16.5. The molecule has 0 aromatic carbocycles. The van der Waals surface area contributed by atoms with Crippen molar-refractivity contribution >= 4 is 5.91 Å². The van der Waals surface area contributed by atoms with Crippen LogP contribution in [-0.2, 0) is 15.1 Å². The van der Waals surface area contributed by atoms with Crippen LogP contribution < -0.4 is 5.32 Å². The number of piperidine rings is 2. The molecule has 1 atom stereocenters. The average molecular weight is 332 g/mol. The SMILES string of the molecule is O=C(N1CCCC2(CCCOC2)C1)C1(n2cccn2)CCNCC1. The lowest BCUT2D eigenvalue weighted by molar-refractivity contribution is -0.149. The van der Waals surface area contributed by atoms with Crippen LogP contribution >= 0.6 is 0 Å². The van der Waals surface area contributed by atoms with Crippen LogP contribution in [0.2, 0.25) is 0 Å². The molecule has 4 heterocycles. The van der Waals surface area contributed by atoms with Gasteiger partial charge in [-0.2, -0.15) is 5.10 Å². The first-order valence-electron chi connectivity index (χ1n) is 9.32.